The average molecular weight is 374 g/mol. The predicted molar refractivity (Wildman–Crippen MR) is 97.5 cm³/mol. The molecule has 0 bridgehead atoms. The summed E-state index contributed by atoms with van der Waals surface area (Å²) < 4.78 is 5.16. The van der Waals surface area contributed by atoms with Gasteiger partial charge < -0.3 is 9.84 Å². The molecule has 0 atom stereocenters. The topological polar surface area (TPSA) is 114 Å². The SMILES string of the molecule is Cc1cc(C)nc(SCC(=O)N/N=C\c2ccccc2OCC(=O)O)n1. The molecule has 0 unspecified atom stereocenters. The number of nitrogens with zero attached hydrogens (tertiary/aromatic N) is 3. The first-order valence-electron chi connectivity index (χ1n) is 7.64. The summed E-state index contributed by atoms with van der Waals surface area (Å²) >= 11 is 1.22. The first-order valence-corrected chi connectivity index (χ1v) is 8.63. The summed E-state index contributed by atoms with van der Waals surface area (Å²) in [5, 5.41) is 13.1. The zero-order valence-corrected chi connectivity index (χ0v) is 15.1. The Morgan fingerprint density at radius 2 is 1.96 bits per heavy atom. The van der Waals surface area contributed by atoms with Gasteiger partial charge in [0.15, 0.2) is 11.8 Å². The Balaban J connectivity index is 1.88. The van der Waals surface area contributed by atoms with Crippen molar-refractivity contribution in [1.29, 1.82) is 0 Å². The second kappa shape index (κ2) is 9.52. The lowest BCUT2D eigenvalue weighted by molar-refractivity contribution is -0.139. The number of carbonyl (C=O) groups is 2. The molecule has 0 aliphatic carbocycles. The molecule has 0 spiro atoms. The van der Waals surface area contributed by atoms with Crippen molar-refractivity contribution in [3.8, 4) is 5.75 Å². The van der Waals surface area contributed by atoms with E-state index in [0.29, 0.717) is 16.5 Å². The van der Waals surface area contributed by atoms with Crippen LogP contribution in [-0.2, 0) is 9.59 Å². The van der Waals surface area contributed by atoms with E-state index in [-0.39, 0.29) is 11.7 Å². The molecule has 0 fully saturated rings. The van der Waals surface area contributed by atoms with E-state index >= 15 is 0 Å². The predicted octanol–water partition coefficient (Wildman–Crippen LogP) is 1.80. The van der Waals surface area contributed by atoms with E-state index in [1.54, 1.807) is 24.3 Å². The number of aromatic nitrogens is 2. The minimum absolute atomic E-state index is 0.122. The lowest BCUT2D eigenvalue weighted by Gasteiger charge is -2.06. The number of rotatable bonds is 8. The number of para-hydroxylation sites is 1. The van der Waals surface area contributed by atoms with Crippen molar-refractivity contribution in [2.24, 2.45) is 5.10 Å². The number of benzene rings is 1. The fourth-order valence-electron chi connectivity index (χ4n) is 1.95. The normalized spacial score (nSPS) is 10.7. The lowest BCUT2D eigenvalue weighted by atomic mass is 10.2. The Morgan fingerprint density at radius 1 is 1.27 bits per heavy atom. The number of amides is 1. The number of thioether (sulfide) groups is 1. The van der Waals surface area contributed by atoms with Crippen LogP contribution in [0.1, 0.15) is 17.0 Å². The van der Waals surface area contributed by atoms with Crippen molar-refractivity contribution in [3.05, 3.63) is 47.3 Å². The van der Waals surface area contributed by atoms with Crippen molar-refractivity contribution in [2.75, 3.05) is 12.4 Å². The van der Waals surface area contributed by atoms with Crippen LogP contribution in [0.3, 0.4) is 0 Å². The van der Waals surface area contributed by atoms with Gasteiger partial charge in [0.25, 0.3) is 5.91 Å². The highest BCUT2D eigenvalue weighted by Crippen LogP contribution is 2.16. The molecule has 1 aromatic heterocycles. The smallest absolute Gasteiger partial charge is 0.341 e. The summed E-state index contributed by atoms with van der Waals surface area (Å²) in [5.41, 5.74) is 4.65. The highest BCUT2D eigenvalue weighted by Gasteiger charge is 2.06. The molecule has 2 aromatic rings. The first kappa shape index (κ1) is 19.4. The molecule has 0 aliphatic rings. The van der Waals surface area contributed by atoms with Crippen molar-refractivity contribution < 1.29 is 19.4 Å². The van der Waals surface area contributed by atoms with Crippen LogP contribution in [0.4, 0.5) is 0 Å². The van der Waals surface area contributed by atoms with Crippen LogP contribution in [0.25, 0.3) is 0 Å². The van der Waals surface area contributed by atoms with Gasteiger partial charge in [0.05, 0.1) is 12.0 Å². The Kier molecular flexibility index (Phi) is 7.10. The van der Waals surface area contributed by atoms with Crippen LogP contribution < -0.4 is 10.2 Å². The van der Waals surface area contributed by atoms with Gasteiger partial charge in [-0.1, -0.05) is 23.9 Å². The number of carboxylic acid groups (broad SMARTS) is 1. The van der Waals surface area contributed by atoms with E-state index in [9.17, 15) is 9.59 Å². The van der Waals surface area contributed by atoms with E-state index in [0.717, 1.165) is 11.4 Å². The molecule has 26 heavy (non-hydrogen) atoms. The molecule has 136 valence electrons. The van der Waals surface area contributed by atoms with Crippen LogP contribution in [0.2, 0.25) is 0 Å². The number of hydrogen-bond donors (Lipinski definition) is 2. The van der Waals surface area contributed by atoms with Gasteiger partial charge in [0.1, 0.15) is 5.75 Å². The Labute approximate surface area is 154 Å². The third kappa shape index (κ3) is 6.52. The lowest BCUT2D eigenvalue weighted by Crippen LogP contribution is -2.20. The number of hydrazone groups is 1. The summed E-state index contributed by atoms with van der Waals surface area (Å²) in [6.07, 6.45) is 1.40. The molecule has 2 N–H and O–H groups in total. The molecule has 0 saturated heterocycles. The molecule has 8 nitrogen and oxygen atoms in total. The first-order chi connectivity index (χ1) is 12.4. The van der Waals surface area contributed by atoms with Gasteiger partial charge >= 0.3 is 5.97 Å². The van der Waals surface area contributed by atoms with E-state index in [1.807, 2.05) is 19.9 Å². The van der Waals surface area contributed by atoms with Gasteiger partial charge in [0, 0.05) is 17.0 Å². The third-order valence-corrected chi connectivity index (χ3v) is 3.80. The molecular weight excluding hydrogens is 356 g/mol. The van der Waals surface area contributed by atoms with Crippen molar-refractivity contribution in [1.82, 2.24) is 15.4 Å². The number of nitrogens with one attached hydrogen (secondary N) is 1. The minimum atomic E-state index is -1.07. The maximum Gasteiger partial charge on any atom is 0.341 e. The van der Waals surface area contributed by atoms with Crippen LogP contribution in [0.5, 0.6) is 5.75 Å². The van der Waals surface area contributed by atoms with Crippen molar-refractivity contribution in [3.63, 3.8) is 0 Å². The zero-order valence-electron chi connectivity index (χ0n) is 14.3. The molecule has 0 radical (unpaired) electrons. The maximum atomic E-state index is 11.9. The van der Waals surface area contributed by atoms with Crippen LogP contribution in [0.15, 0.2) is 40.6 Å². The van der Waals surface area contributed by atoms with Gasteiger partial charge in [-0.25, -0.2) is 20.2 Å². The average Bonchev–Trinajstić information content (AvgIpc) is 2.58. The number of aliphatic carboxylic acids is 1. The van der Waals surface area contributed by atoms with E-state index in [4.69, 9.17) is 9.84 Å². The number of ether oxygens (including phenoxy) is 1. The van der Waals surface area contributed by atoms with Crippen molar-refractivity contribution in [2.45, 2.75) is 19.0 Å². The van der Waals surface area contributed by atoms with Gasteiger partial charge in [-0.15, -0.1) is 0 Å². The summed E-state index contributed by atoms with van der Waals surface area (Å²) in [5.74, 6) is -0.892. The summed E-state index contributed by atoms with van der Waals surface area (Å²) in [6, 6.07) is 8.65. The van der Waals surface area contributed by atoms with E-state index in [2.05, 4.69) is 20.5 Å². The largest absolute Gasteiger partial charge is 0.481 e. The van der Waals surface area contributed by atoms with Crippen LogP contribution >= 0.6 is 11.8 Å². The second-order valence-corrected chi connectivity index (χ2v) is 6.18. The number of hydrogen-bond acceptors (Lipinski definition) is 7. The highest BCUT2D eigenvalue weighted by molar-refractivity contribution is 7.99. The van der Waals surface area contributed by atoms with Crippen LogP contribution in [0, 0.1) is 13.8 Å². The fraction of sp³-hybridized carbons (Fsp3) is 0.235. The summed E-state index contributed by atoms with van der Waals surface area (Å²) in [7, 11) is 0. The molecule has 2 rings (SSSR count). The summed E-state index contributed by atoms with van der Waals surface area (Å²) in [4.78, 5) is 31.0. The standard InChI is InChI=1S/C17H18N4O4S/c1-11-7-12(2)20-17(19-11)26-10-15(22)21-18-8-13-5-3-4-6-14(13)25-9-16(23)24/h3-8H,9-10H2,1-2H3,(H,21,22)(H,23,24)/b18-8-. The zero-order chi connectivity index (χ0) is 18.9. The van der Waals surface area contributed by atoms with Gasteiger partial charge in [0.2, 0.25) is 0 Å². The molecular formula is C17H18N4O4S. The Hall–Kier alpha value is -2.94. The minimum Gasteiger partial charge on any atom is -0.481 e. The summed E-state index contributed by atoms with van der Waals surface area (Å²) in [6.45, 7) is 3.28. The number of aryl methyl sites for hydroxylation is 2. The van der Waals surface area contributed by atoms with E-state index in [1.165, 1.54) is 18.0 Å². The molecule has 0 saturated carbocycles. The molecule has 1 aromatic carbocycles. The van der Waals surface area contributed by atoms with Crippen molar-refractivity contribution >= 4 is 29.9 Å². The molecule has 9 heteroatoms. The fourth-order valence-corrected chi connectivity index (χ4v) is 2.69. The third-order valence-electron chi connectivity index (χ3n) is 2.96. The monoisotopic (exact) mass is 374 g/mol. The quantitative estimate of drug-likeness (QED) is 0.313. The molecule has 1 amide bonds. The van der Waals surface area contributed by atoms with Gasteiger partial charge in [-0.2, -0.15) is 5.10 Å². The van der Waals surface area contributed by atoms with Gasteiger partial charge in [-0.05, 0) is 32.0 Å². The molecule has 1 heterocycles. The Morgan fingerprint density at radius 3 is 2.65 bits per heavy atom. The number of carbonyl (C=O) groups excluding carboxylic acids is 1. The molecule has 0 aliphatic heterocycles. The highest BCUT2D eigenvalue weighted by atomic mass is 32.2. The second-order valence-electron chi connectivity index (χ2n) is 5.24. The maximum absolute atomic E-state index is 11.9. The van der Waals surface area contributed by atoms with E-state index < -0.39 is 12.6 Å². The number of carboxylic acids is 1. The van der Waals surface area contributed by atoms with Crippen LogP contribution in [-0.4, -0.2) is 45.5 Å². The van der Waals surface area contributed by atoms with Gasteiger partial charge in [-0.3, -0.25) is 4.79 Å². The Bertz CT molecular complexity index is 806.